The number of rotatable bonds is 4. The van der Waals surface area contributed by atoms with E-state index in [2.05, 4.69) is 19.8 Å². The minimum absolute atomic E-state index is 0.0910. The first-order valence-corrected chi connectivity index (χ1v) is 11.0. The second-order valence-corrected chi connectivity index (χ2v) is 8.68. The molecule has 1 amide bonds. The second-order valence-electron chi connectivity index (χ2n) is 7.28. The topological polar surface area (TPSA) is 60.5 Å². The largest absolute Gasteiger partial charge is 0.586 e. The molecule has 0 fully saturated rings. The highest BCUT2D eigenvalue weighted by Gasteiger charge is 2.43. The maximum Gasteiger partial charge on any atom is 0.586 e. The maximum absolute atomic E-state index is 13.3. The molecule has 4 aromatic rings. The summed E-state index contributed by atoms with van der Waals surface area (Å²) >= 11 is 7.58. The van der Waals surface area contributed by atoms with Crippen LogP contribution in [0, 0.1) is 6.92 Å². The van der Waals surface area contributed by atoms with Crippen LogP contribution >= 0.6 is 22.9 Å². The van der Waals surface area contributed by atoms with Gasteiger partial charge in [0.15, 0.2) is 11.5 Å². The monoisotopic (exact) mass is 484 g/mol. The molecule has 0 bridgehead atoms. The van der Waals surface area contributed by atoms with E-state index in [0.717, 1.165) is 10.6 Å². The highest BCUT2D eigenvalue weighted by Crippen LogP contribution is 2.46. The molecule has 0 saturated carbocycles. The van der Waals surface area contributed by atoms with E-state index >= 15 is 0 Å². The van der Waals surface area contributed by atoms with Crippen LogP contribution in [0.3, 0.4) is 0 Å². The van der Waals surface area contributed by atoms with E-state index in [1.807, 2.05) is 30.3 Å². The van der Waals surface area contributed by atoms with Crippen molar-refractivity contribution in [1.82, 2.24) is 4.98 Å². The lowest BCUT2D eigenvalue weighted by Crippen LogP contribution is -2.25. The van der Waals surface area contributed by atoms with Gasteiger partial charge in [-0.2, -0.15) is 0 Å². The Balaban J connectivity index is 1.34. The van der Waals surface area contributed by atoms with E-state index in [4.69, 9.17) is 11.6 Å². The zero-order valence-corrected chi connectivity index (χ0v) is 18.6. The molecule has 3 aromatic carbocycles. The molecule has 0 spiro atoms. The van der Waals surface area contributed by atoms with Gasteiger partial charge in [-0.15, -0.1) is 20.1 Å². The fraction of sp³-hybridized carbons (Fsp3) is 0.0833. The predicted octanol–water partition coefficient (Wildman–Crippen LogP) is 7.01. The Morgan fingerprint density at radius 1 is 1.00 bits per heavy atom. The molecule has 1 N–H and O–H groups in total. The van der Waals surface area contributed by atoms with Crippen molar-refractivity contribution >= 4 is 34.5 Å². The van der Waals surface area contributed by atoms with Crippen LogP contribution in [0.4, 0.5) is 14.5 Å². The molecule has 5 rings (SSSR count). The highest BCUT2D eigenvalue weighted by molar-refractivity contribution is 7.17. The Labute approximate surface area is 196 Å². The molecule has 0 unspecified atom stereocenters. The molecular formula is C24H15ClF2N2O3S. The number of carbonyl (C=O) groups excluding carboxylic acids is 1. The SMILES string of the molecule is Cc1nc(-c2ccccc2)sc1C(=O)Nc1ccc(-c2cc3c(cc2Cl)OC(F)(F)O3)cc1. The average molecular weight is 485 g/mol. The van der Waals surface area contributed by atoms with E-state index in [1.165, 1.54) is 23.5 Å². The number of anilines is 1. The van der Waals surface area contributed by atoms with Gasteiger partial charge in [-0.3, -0.25) is 4.79 Å². The lowest BCUT2D eigenvalue weighted by Gasteiger charge is -2.08. The van der Waals surface area contributed by atoms with Crippen molar-refractivity contribution in [3.05, 3.63) is 82.3 Å². The Bertz CT molecular complexity index is 1360. The molecule has 1 aliphatic heterocycles. The summed E-state index contributed by atoms with van der Waals surface area (Å²) in [6, 6.07) is 19.2. The van der Waals surface area contributed by atoms with Crippen molar-refractivity contribution in [2.75, 3.05) is 5.32 Å². The number of alkyl halides is 2. The van der Waals surface area contributed by atoms with E-state index in [0.29, 0.717) is 27.4 Å². The van der Waals surface area contributed by atoms with E-state index in [-0.39, 0.29) is 22.4 Å². The molecule has 9 heteroatoms. The summed E-state index contributed by atoms with van der Waals surface area (Å²) in [5, 5.41) is 3.88. The molecule has 0 atom stereocenters. The molecule has 0 radical (unpaired) electrons. The van der Waals surface area contributed by atoms with E-state index < -0.39 is 6.29 Å². The number of aryl methyl sites for hydroxylation is 1. The van der Waals surface area contributed by atoms with E-state index in [9.17, 15) is 13.6 Å². The predicted molar refractivity (Wildman–Crippen MR) is 123 cm³/mol. The van der Waals surface area contributed by atoms with Crippen molar-refractivity contribution < 1.29 is 23.0 Å². The van der Waals surface area contributed by atoms with Gasteiger partial charge < -0.3 is 14.8 Å². The molecule has 0 aliphatic carbocycles. The third-order valence-corrected chi connectivity index (χ3v) is 6.49. The molecule has 1 aromatic heterocycles. The fourth-order valence-electron chi connectivity index (χ4n) is 3.43. The summed E-state index contributed by atoms with van der Waals surface area (Å²) in [6.45, 7) is 1.80. The minimum Gasteiger partial charge on any atom is -0.395 e. The molecule has 1 aliphatic rings. The number of fused-ring (bicyclic) bond motifs is 1. The van der Waals surface area contributed by atoms with Crippen molar-refractivity contribution in [3.63, 3.8) is 0 Å². The van der Waals surface area contributed by atoms with Crippen molar-refractivity contribution in [2.45, 2.75) is 13.2 Å². The standard InChI is InChI=1S/C24H15ClF2N2O3S/c1-13-21(33-23(28-13)15-5-3-2-4-6-15)22(30)29-16-9-7-14(8-10-16)17-11-19-20(12-18(17)25)32-24(26,27)31-19/h2-12H,1H3,(H,29,30). The van der Waals surface area contributed by atoms with Gasteiger partial charge in [0.1, 0.15) is 9.88 Å². The molecule has 2 heterocycles. The van der Waals surface area contributed by atoms with Crippen LogP contribution in [0.1, 0.15) is 15.4 Å². The number of hydrogen-bond acceptors (Lipinski definition) is 5. The third-order valence-electron chi connectivity index (χ3n) is 4.97. The number of nitrogens with zero attached hydrogens (tertiary/aromatic N) is 1. The van der Waals surface area contributed by atoms with Crippen LogP contribution in [0.5, 0.6) is 11.5 Å². The number of nitrogens with one attached hydrogen (secondary N) is 1. The van der Waals surface area contributed by atoms with Crippen molar-refractivity contribution in [1.29, 1.82) is 0 Å². The Hall–Kier alpha value is -3.49. The Kier molecular flexibility index (Phi) is 5.26. The zero-order valence-electron chi connectivity index (χ0n) is 17.1. The summed E-state index contributed by atoms with van der Waals surface area (Å²) < 4.78 is 35.5. The lowest BCUT2D eigenvalue weighted by molar-refractivity contribution is -0.286. The van der Waals surface area contributed by atoms with Gasteiger partial charge in [0.2, 0.25) is 0 Å². The fourth-order valence-corrected chi connectivity index (χ4v) is 4.65. The first-order chi connectivity index (χ1) is 15.8. The van der Waals surface area contributed by atoms with Gasteiger partial charge in [-0.25, -0.2) is 4.98 Å². The van der Waals surface area contributed by atoms with Gasteiger partial charge in [-0.1, -0.05) is 54.1 Å². The number of carbonyl (C=O) groups is 1. The van der Waals surface area contributed by atoms with Crippen LogP contribution in [0.2, 0.25) is 5.02 Å². The summed E-state index contributed by atoms with van der Waals surface area (Å²) in [5.74, 6) is -0.470. The smallest absolute Gasteiger partial charge is 0.395 e. The molecule has 166 valence electrons. The second kappa shape index (κ2) is 8.13. The summed E-state index contributed by atoms with van der Waals surface area (Å²) in [5.41, 5.74) is 3.34. The summed E-state index contributed by atoms with van der Waals surface area (Å²) in [4.78, 5) is 17.9. The van der Waals surface area contributed by atoms with Crippen molar-refractivity contribution in [3.8, 4) is 33.2 Å². The van der Waals surface area contributed by atoms with Crippen LogP contribution in [0.25, 0.3) is 21.7 Å². The third kappa shape index (κ3) is 4.27. The molecule has 5 nitrogen and oxygen atoms in total. The van der Waals surface area contributed by atoms with Gasteiger partial charge in [0, 0.05) is 22.9 Å². The minimum atomic E-state index is -3.71. The number of halogens is 3. The van der Waals surface area contributed by atoms with Crippen LogP contribution in [-0.2, 0) is 0 Å². The highest BCUT2D eigenvalue weighted by atomic mass is 35.5. The van der Waals surface area contributed by atoms with Crippen LogP contribution in [-0.4, -0.2) is 17.2 Å². The Morgan fingerprint density at radius 2 is 1.67 bits per heavy atom. The Morgan fingerprint density at radius 3 is 2.36 bits per heavy atom. The van der Waals surface area contributed by atoms with Gasteiger partial charge in [-0.05, 0) is 30.7 Å². The number of amides is 1. The van der Waals surface area contributed by atoms with Gasteiger partial charge in [0.05, 0.1) is 10.7 Å². The molecule has 33 heavy (non-hydrogen) atoms. The zero-order chi connectivity index (χ0) is 23.2. The number of hydrogen-bond donors (Lipinski definition) is 1. The quantitative estimate of drug-likeness (QED) is 0.338. The summed E-state index contributed by atoms with van der Waals surface area (Å²) in [6.07, 6.45) is -3.71. The number of ether oxygens (including phenoxy) is 2. The normalized spacial score (nSPS) is 13.7. The number of aromatic nitrogens is 1. The first kappa shape index (κ1) is 21.4. The first-order valence-electron chi connectivity index (χ1n) is 9.83. The van der Waals surface area contributed by atoms with Crippen molar-refractivity contribution in [2.24, 2.45) is 0 Å². The lowest BCUT2D eigenvalue weighted by atomic mass is 10.0. The number of benzene rings is 3. The summed E-state index contributed by atoms with van der Waals surface area (Å²) in [7, 11) is 0. The molecular weight excluding hydrogens is 470 g/mol. The maximum atomic E-state index is 13.3. The number of thiazole rings is 1. The van der Waals surface area contributed by atoms with Crippen LogP contribution in [0.15, 0.2) is 66.7 Å². The van der Waals surface area contributed by atoms with Crippen LogP contribution < -0.4 is 14.8 Å². The van der Waals surface area contributed by atoms with Gasteiger partial charge >= 0.3 is 6.29 Å². The average Bonchev–Trinajstić information content (AvgIpc) is 3.32. The van der Waals surface area contributed by atoms with E-state index in [1.54, 1.807) is 31.2 Å². The van der Waals surface area contributed by atoms with Gasteiger partial charge in [0.25, 0.3) is 5.91 Å². The molecule has 0 saturated heterocycles.